The van der Waals surface area contributed by atoms with Crippen LogP contribution in [-0.4, -0.2) is 14.5 Å². The van der Waals surface area contributed by atoms with Crippen molar-refractivity contribution in [3.8, 4) is 5.69 Å². The molecule has 0 atom stereocenters. The molecule has 3 rings (SSSR count). The van der Waals surface area contributed by atoms with E-state index >= 15 is 0 Å². The monoisotopic (exact) mass is 275 g/mol. The van der Waals surface area contributed by atoms with Crippen molar-refractivity contribution >= 4 is 35.0 Å². The van der Waals surface area contributed by atoms with E-state index in [1.165, 1.54) is 0 Å². The van der Waals surface area contributed by atoms with Gasteiger partial charge < -0.3 is 4.98 Å². The van der Waals surface area contributed by atoms with Crippen LogP contribution in [0.25, 0.3) is 16.9 Å². The number of imidazole rings is 1. The Bertz CT molecular complexity index is 771. The van der Waals surface area contributed by atoms with Gasteiger partial charge >= 0.3 is 0 Å². The van der Waals surface area contributed by atoms with E-state index in [0.717, 1.165) is 22.4 Å². The van der Waals surface area contributed by atoms with E-state index in [1.54, 1.807) is 6.20 Å². The van der Waals surface area contributed by atoms with Crippen LogP contribution < -0.4 is 0 Å². The maximum atomic E-state index is 5.90. The van der Waals surface area contributed by atoms with Crippen LogP contribution in [-0.2, 0) is 0 Å². The number of hydrogen-bond acceptors (Lipinski definition) is 2. The summed E-state index contributed by atoms with van der Waals surface area (Å²) in [4.78, 5) is 7.58. The van der Waals surface area contributed by atoms with Gasteiger partial charge in [0.15, 0.2) is 10.4 Å². The SMILES string of the molecule is Cc1ccnc2c1[nH]c(=S)n2-c1ccc(Cl)cc1. The number of aromatic amines is 1. The summed E-state index contributed by atoms with van der Waals surface area (Å²) in [5.41, 5.74) is 3.88. The predicted molar refractivity (Wildman–Crippen MR) is 76.0 cm³/mol. The number of halogens is 1. The highest BCUT2D eigenvalue weighted by Crippen LogP contribution is 2.21. The van der Waals surface area contributed by atoms with E-state index < -0.39 is 0 Å². The number of H-pyrrole nitrogens is 1. The molecule has 0 radical (unpaired) electrons. The molecule has 90 valence electrons. The first kappa shape index (κ1) is 11.4. The van der Waals surface area contributed by atoms with Gasteiger partial charge in [-0.05, 0) is 55.0 Å². The van der Waals surface area contributed by atoms with Gasteiger partial charge in [0.25, 0.3) is 0 Å². The summed E-state index contributed by atoms with van der Waals surface area (Å²) in [6.07, 6.45) is 1.78. The molecular weight excluding hydrogens is 266 g/mol. The second-order valence-electron chi connectivity index (χ2n) is 4.07. The molecule has 3 aromatic rings. The molecule has 1 aromatic carbocycles. The van der Waals surface area contributed by atoms with Crippen LogP contribution in [0, 0.1) is 11.7 Å². The average Bonchev–Trinajstić information content (AvgIpc) is 2.69. The highest BCUT2D eigenvalue weighted by Gasteiger charge is 2.08. The van der Waals surface area contributed by atoms with Crippen LogP contribution in [0.4, 0.5) is 0 Å². The van der Waals surface area contributed by atoms with Crippen molar-refractivity contribution in [1.82, 2.24) is 14.5 Å². The van der Waals surface area contributed by atoms with Gasteiger partial charge in [0.05, 0.1) is 11.2 Å². The van der Waals surface area contributed by atoms with Crippen molar-refractivity contribution < 1.29 is 0 Å². The lowest BCUT2D eigenvalue weighted by molar-refractivity contribution is 1.04. The van der Waals surface area contributed by atoms with Gasteiger partial charge in [0.1, 0.15) is 0 Å². The van der Waals surface area contributed by atoms with Gasteiger partial charge in [-0.25, -0.2) is 4.98 Å². The lowest BCUT2D eigenvalue weighted by atomic mass is 10.2. The molecule has 0 bridgehead atoms. The molecule has 5 heteroatoms. The molecule has 1 N–H and O–H groups in total. The number of benzene rings is 1. The summed E-state index contributed by atoms with van der Waals surface area (Å²) in [5.74, 6) is 0. The smallest absolute Gasteiger partial charge is 0.184 e. The fourth-order valence-corrected chi connectivity index (χ4v) is 2.38. The number of nitrogens with zero attached hydrogens (tertiary/aromatic N) is 2. The lowest BCUT2D eigenvalue weighted by Crippen LogP contribution is -1.95. The predicted octanol–water partition coefficient (Wildman–Crippen LogP) is 4.04. The van der Waals surface area contributed by atoms with E-state index in [1.807, 2.05) is 41.8 Å². The van der Waals surface area contributed by atoms with Gasteiger partial charge in [0, 0.05) is 11.2 Å². The normalized spacial score (nSPS) is 11.0. The Labute approximate surface area is 114 Å². The molecule has 18 heavy (non-hydrogen) atoms. The molecule has 0 aliphatic carbocycles. The summed E-state index contributed by atoms with van der Waals surface area (Å²) < 4.78 is 2.54. The van der Waals surface area contributed by atoms with Crippen molar-refractivity contribution in [3.05, 3.63) is 51.9 Å². The minimum absolute atomic E-state index is 0.633. The van der Waals surface area contributed by atoms with Crippen LogP contribution >= 0.6 is 23.8 Å². The molecular formula is C13H10ClN3S. The molecule has 0 saturated heterocycles. The first-order valence-corrected chi connectivity index (χ1v) is 6.28. The Morgan fingerprint density at radius 1 is 1.22 bits per heavy atom. The molecule has 0 aliphatic heterocycles. The first-order valence-electron chi connectivity index (χ1n) is 5.49. The summed E-state index contributed by atoms with van der Waals surface area (Å²) in [6, 6.07) is 9.49. The van der Waals surface area contributed by atoms with Gasteiger partial charge in [-0.1, -0.05) is 11.6 Å². The second kappa shape index (κ2) is 4.23. The molecule has 0 amide bonds. The highest BCUT2D eigenvalue weighted by atomic mass is 35.5. The summed E-state index contributed by atoms with van der Waals surface area (Å²) in [5, 5.41) is 0.703. The second-order valence-corrected chi connectivity index (χ2v) is 4.89. The van der Waals surface area contributed by atoms with E-state index in [4.69, 9.17) is 23.8 Å². The lowest BCUT2D eigenvalue weighted by Gasteiger charge is -2.03. The van der Waals surface area contributed by atoms with Crippen LogP contribution in [0.3, 0.4) is 0 Å². The number of nitrogens with one attached hydrogen (secondary N) is 1. The highest BCUT2D eigenvalue weighted by molar-refractivity contribution is 7.71. The van der Waals surface area contributed by atoms with Crippen LogP contribution in [0.15, 0.2) is 36.5 Å². The molecule has 0 unspecified atom stereocenters. The Kier molecular flexibility index (Phi) is 2.69. The van der Waals surface area contributed by atoms with Gasteiger partial charge in [-0.2, -0.15) is 0 Å². The number of aryl methyl sites for hydroxylation is 1. The standard InChI is InChI=1S/C13H10ClN3S/c1-8-6-7-15-12-11(8)16-13(18)17(12)10-4-2-9(14)3-5-10/h2-7H,1H3,(H,16,18). The van der Waals surface area contributed by atoms with Crippen molar-refractivity contribution in [2.24, 2.45) is 0 Å². The third-order valence-corrected chi connectivity index (χ3v) is 3.41. The fourth-order valence-electron chi connectivity index (χ4n) is 1.96. The quantitative estimate of drug-likeness (QED) is 0.680. The molecule has 2 aromatic heterocycles. The Morgan fingerprint density at radius 3 is 2.67 bits per heavy atom. The first-order chi connectivity index (χ1) is 8.66. The Morgan fingerprint density at radius 2 is 1.94 bits per heavy atom. The van der Waals surface area contributed by atoms with E-state index in [0.29, 0.717) is 9.79 Å². The summed E-state index contributed by atoms with van der Waals surface area (Å²) in [6.45, 7) is 2.03. The van der Waals surface area contributed by atoms with E-state index in [-0.39, 0.29) is 0 Å². The van der Waals surface area contributed by atoms with Crippen molar-refractivity contribution in [1.29, 1.82) is 0 Å². The number of pyridine rings is 1. The molecule has 3 nitrogen and oxygen atoms in total. The van der Waals surface area contributed by atoms with Crippen molar-refractivity contribution in [2.45, 2.75) is 6.92 Å². The Balaban J connectivity index is 2.35. The third kappa shape index (κ3) is 1.74. The largest absolute Gasteiger partial charge is 0.329 e. The zero-order valence-electron chi connectivity index (χ0n) is 9.64. The zero-order chi connectivity index (χ0) is 12.7. The molecule has 0 fully saturated rings. The van der Waals surface area contributed by atoms with Gasteiger partial charge in [-0.15, -0.1) is 0 Å². The zero-order valence-corrected chi connectivity index (χ0v) is 11.2. The minimum Gasteiger partial charge on any atom is -0.329 e. The van der Waals surface area contributed by atoms with Crippen molar-refractivity contribution in [3.63, 3.8) is 0 Å². The molecule has 0 spiro atoms. The molecule has 0 saturated carbocycles. The van der Waals surface area contributed by atoms with E-state index in [9.17, 15) is 0 Å². The number of rotatable bonds is 1. The maximum absolute atomic E-state index is 5.90. The van der Waals surface area contributed by atoms with E-state index in [2.05, 4.69) is 9.97 Å². The number of fused-ring (bicyclic) bond motifs is 1. The summed E-state index contributed by atoms with van der Waals surface area (Å²) in [7, 11) is 0. The topological polar surface area (TPSA) is 33.6 Å². The average molecular weight is 276 g/mol. The molecule has 0 aliphatic rings. The Hall–Kier alpha value is -1.65. The fraction of sp³-hybridized carbons (Fsp3) is 0.0769. The van der Waals surface area contributed by atoms with Gasteiger partial charge in [-0.3, -0.25) is 4.57 Å². The van der Waals surface area contributed by atoms with Gasteiger partial charge in [0.2, 0.25) is 0 Å². The van der Waals surface area contributed by atoms with Crippen molar-refractivity contribution in [2.75, 3.05) is 0 Å². The van der Waals surface area contributed by atoms with Crippen LogP contribution in [0.1, 0.15) is 5.56 Å². The molecule has 2 heterocycles. The number of hydrogen-bond donors (Lipinski definition) is 1. The number of aromatic nitrogens is 3. The van der Waals surface area contributed by atoms with Crippen LogP contribution in [0.5, 0.6) is 0 Å². The third-order valence-electron chi connectivity index (χ3n) is 2.87. The minimum atomic E-state index is 0.633. The van der Waals surface area contributed by atoms with Crippen LogP contribution in [0.2, 0.25) is 5.02 Å². The maximum Gasteiger partial charge on any atom is 0.184 e. The summed E-state index contributed by atoms with van der Waals surface area (Å²) >= 11 is 11.3.